The quantitative estimate of drug-likeness (QED) is 0.102. The SMILES string of the molecule is N#Cc1cc(-n2c3ccccc3c3ccc4oc5ccccc5c4c32)c(-c2c(F)c(F)c(F)c(F)c2F)c(-n2c3ccccc3c3ccc4oc5ccccc5c4c32)c1. The minimum atomic E-state index is -2.28. The van der Waals surface area contributed by atoms with E-state index >= 15 is 17.6 Å². The molecule has 0 atom stereocenters. The summed E-state index contributed by atoms with van der Waals surface area (Å²) >= 11 is 0. The predicted molar refractivity (Wildman–Crippen MR) is 220 cm³/mol. The number of nitriles is 1. The normalized spacial score (nSPS) is 12.1. The van der Waals surface area contributed by atoms with Gasteiger partial charge in [-0.1, -0.05) is 72.8 Å². The lowest BCUT2D eigenvalue weighted by molar-refractivity contribution is 0.381. The summed E-state index contributed by atoms with van der Waals surface area (Å²) in [6.45, 7) is 0. The van der Waals surface area contributed by atoms with Gasteiger partial charge in [-0.2, -0.15) is 5.26 Å². The molecule has 4 aromatic heterocycles. The summed E-state index contributed by atoms with van der Waals surface area (Å²) in [6.07, 6.45) is 0. The zero-order chi connectivity index (χ0) is 39.8. The molecule has 0 unspecified atom stereocenters. The Balaban J connectivity index is 1.37. The van der Waals surface area contributed by atoms with Crippen molar-refractivity contribution in [3.05, 3.63) is 168 Å². The second-order valence-electron chi connectivity index (χ2n) is 14.5. The Labute approximate surface area is 328 Å². The van der Waals surface area contributed by atoms with Crippen LogP contribution in [0.2, 0.25) is 0 Å². The number of hydrogen-bond acceptors (Lipinski definition) is 3. The van der Waals surface area contributed by atoms with Crippen molar-refractivity contribution in [3.8, 4) is 28.6 Å². The van der Waals surface area contributed by atoms with E-state index in [-0.39, 0.29) is 22.5 Å². The van der Waals surface area contributed by atoms with Crippen LogP contribution in [-0.4, -0.2) is 9.13 Å². The average molecular weight is 780 g/mol. The van der Waals surface area contributed by atoms with Crippen molar-refractivity contribution in [2.24, 2.45) is 0 Å². The maximum Gasteiger partial charge on any atom is 0.200 e. The average Bonchev–Trinajstić information content (AvgIpc) is 4.02. The molecule has 0 aliphatic rings. The van der Waals surface area contributed by atoms with E-state index in [0.717, 1.165) is 32.3 Å². The van der Waals surface area contributed by atoms with E-state index in [1.807, 2.05) is 109 Å². The van der Waals surface area contributed by atoms with Gasteiger partial charge in [-0.05, 0) is 60.7 Å². The molecular formula is C49H22F5N3O2. The van der Waals surface area contributed by atoms with Crippen LogP contribution in [0.15, 0.2) is 142 Å². The molecule has 4 heterocycles. The lowest BCUT2D eigenvalue weighted by Crippen LogP contribution is -2.10. The smallest absolute Gasteiger partial charge is 0.200 e. The molecule has 12 aromatic rings. The van der Waals surface area contributed by atoms with Gasteiger partial charge in [0.05, 0.1) is 61.4 Å². The summed E-state index contributed by atoms with van der Waals surface area (Å²) in [5.41, 5.74) is 2.96. The number of hydrogen-bond donors (Lipinski definition) is 0. The third kappa shape index (κ3) is 4.30. The molecule has 0 N–H and O–H groups in total. The molecule has 280 valence electrons. The van der Waals surface area contributed by atoms with Crippen molar-refractivity contribution >= 4 is 87.5 Å². The van der Waals surface area contributed by atoms with E-state index in [1.54, 1.807) is 21.3 Å². The number of benzene rings is 8. The summed E-state index contributed by atoms with van der Waals surface area (Å²) in [4.78, 5) is 0. The van der Waals surface area contributed by atoms with Crippen molar-refractivity contribution in [2.45, 2.75) is 0 Å². The van der Waals surface area contributed by atoms with Crippen molar-refractivity contribution in [1.82, 2.24) is 9.13 Å². The fraction of sp³-hybridized carbons (Fsp3) is 0. The van der Waals surface area contributed by atoms with Gasteiger partial charge < -0.3 is 18.0 Å². The molecule has 0 amide bonds. The first-order chi connectivity index (χ1) is 28.8. The van der Waals surface area contributed by atoms with Gasteiger partial charge in [0.2, 0.25) is 5.82 Å². The molecule has 0 bridgehead atoms. The summed E-state index contributed by atoms with van der Waals surface area (Å²) in [5, 5.41) is 16.5. The maximum atomic E-state index is 16.8. The van der Waals surface area contributed by atoms with Crippen LogP contribution in [0.5, 0.6) is 0 Å². The van der Waals surface area contributed by atoms with Crippen LogP contribution in [0, 0.1) is 40.4 Å². The highest BCUT2D eigenvalue weighted by molar-refractivity contribution is 6.26. The number of rotatable bonds is 3. The minimum Gasteiger partial charge on any atom is -0.456 e. The van der Waals surface area contributed by atoms with Crippen LogP contribution in [0.3, 0.4) is 0 Å². The molecule has 0 radical (unpaired) electrons. The van der Waals surface area contributed by atoms with Gasteiger partial charge in [-0.25, -0.2) is 22.0 Å². The first-order valence-corrected chi connectivity index (χ1v) is 18.6. The van der Waals surface area contributed by atoms with Gasteiger partial charge in [0.25, 0.3) is 0 Å². The van der Waals surface area contributed by atoms with E-state index in [4.69, 9.17) is 8.83 Å². The highest BCUT2D eigenvalue weighted by atomic mass is 19.2. The zero-order valence-electron chi connectivity index (χ0n) is 30.2. The van der Waals surface area contributed by atoms with E-state index in [9.17, 15) is 9.65 Å². The van der Waals surface area contributed by atoms with E-state index in [1.165, 1.54) is 12.1 Å². The number of nitrogens with zero attached hydrogens (tertiary/aromatic N) is 3. The monoisotopic (exact) mass is 779 g/mol. The van der Waals surface area contributed by atoms with E-state index in [2.05, 4.69) is 6.07 Å². The van der Waals surface area contributed by atoms with Crippen LogP contribution in [0.4, 0.5) is 22.0 Å². The molecular weight excluding hydrogens is 758 g/mol. The number of aromatic nitrogens is 2. The van der Waals surface area contributed by atoms with E-state index in [0.29, 0.717) is 55.2 Å². The van der Waals surface area contributed by atoms with Crippen molar-refractivity contribution in [1.29, 1.82) is 5.26 Å². The third-order valence-electron chi connectivity index (χ3n) is 11.5. The van der Waals surface area contributed by atoms with Gasteiger partial charge in [0, 0.05) is 37.9 Å². The fourth-order valence-electron chi connectivity index (χ4n) is 9.14. The molecule has 0 saturated carbocycles. The van der Waals surface area contributed by atoms with Crippen molar-refractivity contribution in [3.63, 3.8) is 0 Å². The minimum absolute atomic E-state index is 0.00129. The zero-order valence-corrected chi connectivity index (χ0v) is 30.2. The van der Waals surface area contributed by atoms with Crippen LogP contribution in [0.25, 0.3) is 110 Å². The highest BCUT2D eigenvalue weighted by Gasteiger charge is 2.33. The topological polar surface area (TPSA) is 59.9 Å². The summed E-state index contributed by atoms with van der Waals surface area (Å²) < 4.78 is 95.8. The Bertz CT molecular complexity index is 3640. The molecule has 0 spiro atoms. The second-order valence-corrected chi connectivity index (χ2v) is 14.5. The Hall–Kier alpha value is -7.90. The number of furan rings is 2. The Morgan fingerprint density at radius 3 is 1.27 bits per heavy atom. The van der Waals surface area contributed by atoms with Gasteiger partial charge in [-0.15, -0.1) is 0 Å². The Morgan fingerprint density at radius 2 is 0.814 bits per heavy atom. The molecule has 0 saturated heterocycles. The largest absolute Gasteiger partial charge is 0.456 e. The standard InChI is InChI=1S/C49H22F5N3O2/c50-43-42(44(51)46(53)47(54)45(43)52)41-33(56-31-13-5-1-9-25(31)27-17-19-37-39(48(27)56)29-11-3-7-15-35(29)58-37)21-24(23-55)22-34(41)57-32-14-6-2-10-26(32)28-18-20-38-40(49(28)57)30-12-4-8-16-36(30)59-38/h1-22H. The summed E-state index contributed by atoms with van der Waals surface area (Å²) in [6, 6.07) is 42.1. The molecule has 5 nitrogen and oxygen atoms in total. The van der Waals surface area contributed by atoms with Gasteiger partial charge in [-0.3, -0.25) is 0 Å². The first-order valence-electron chi connectivity index (χ1n) is 18.6. The van der Waals surface area contributed by atoms with Crippen LogP contribution in [0.1, 0.15) is 5.56 Å². The van der Waals surface area contributed by atoms with Gasteiger partial charge in [0.1, 0.15) is 22.3 Å². The molecule has 0 aliphatic heterocycles. The summed E-state index contributed by atoms with van der Waals surface area (Å²) in [7, 11) is 0. The Morgan fingerprint density at radius 1 is 0.407 bits per heavy atom. The molecule has 12 rings (SSSR count). The molecule has 0 aliphatic carbocycles. The number of para-hydroxylation sites is 4. The van der Waals surface area contributed by atoms with Crippen LogP contribution >= 0.6 is 0 Å². The van der Waals surface area contributed by atoms with Gasteiger partial charge in [0.15, 0.2) is 23.3 Å². The lowest BCUT2D eigenvalue weighted by atomic mass is 9.96. The first kappa shape index (κ1) is 33.3. The fourth-order valence-corrected chi connectivity index (χ4v) is 9.14. The van der Waals surface area contributed by atoms with Crippen molar-refractivity contribution in [2.75, 3.05) is 0 Å². The van der Waals surface area contributed by atoms with Crippen molar-refractivity contribution < 1.29 is 30.8 Å². The third-order valence-corrected chi connectivity index (χ3v) is 11.5. The molecule has 8 aromatic carbocycles. The Kier molecular flexibility index (Phi) is 6.66. The predicted octanol–water partition coefficient (Wildman–Crippen LogP) is 13.9. The number of fused-ring (bicyclic) bond motifs is 14. The van der Waals surface area contributed by atoms with Gasteiger partial charge >= 0.3 is 0 Å². The number of halogens is 5. The maximum absolute atomic E-state index is 16.8. The van der Waals surface area contributed by atoms with Crippen LogP contribution in [-0.2, 0) is 0 Å². The summed E-state index contributed by atoms with van der Waals surface area (Å²) in [5.74, 6) is -10.5. The molecule has 10 heteroatoms. The lowest BCUT2D eigenvalue weighted by Gasteiger charge is -2.22. The highest BCUT2D eigenvalue weighted by Crippen LogP contribution is 2.48. The molecule has 0 fully saturated rings. The van der Waals surface area contributed by atoms with Crippen LogP contribution < -0.4 is 0 Å². The molecule has 59 heavy (non-hydrogen) atoms. The van der Waals surface area contributed by atoms with E-state index < -0.39 is 34.6 Å². The second kappa shape index (κ2) is 11.8.